The lowest BCUT2D eigenvalue weighted by atomic mass is 10.2. The van der Waals surface area contributed by atoms with Gasteiger partial charge in [-0.15, -0.1) is 0 Å². The topological polar surface area (TPSA) is 75.4 Å². The Morgan fingerprint density at radius 1 is 1.77 bits per heavy atom. The van der Waals surface area contributed by atoms with Crippen molar-refractivity contribution in [2.75, 3.05) is 0 Å². The molecule has 13 heavy (non-hydrogen) atoms. The molecule has 1 heterocycles. The number of hydrogen-bond donors (Lipinski definition) is 2. The maximum atomic E-state index is 10.3. The number of aromatic nitrogens is 2. The third-order valence-corrected chi connectivity index (χ3v) is 1.69. The van der Waals surface area contributed by atoms with Crippen molar-refractivity contribution in [3.63, 3.8) is 0 Å². The van der Waals surface area contributed by atoms with Crippen molar-refractivity contribution in [1.82, 2.24) is 9.78 Å². The van der Waals surface area contributed by atoms with Crippen LogP contribution in [0.3, 0.4) is 0 Å². The Morgan fingerprint density at radius 2 is 2.46 bits per heavy atom. The van der Waals surface area contributed by atoms with Gasteiger partial charge in [0.1, 0.15) is 6.10 Å². The highest BCUT2D eigenvalue weighted by Gasteiger charge is 2.14. The van der Waals surface area contributed by atoms with Crippen molar-refractivity contribution in [3.8, 4) is 0 Å². The summed E-state index contributed by atoms with van der Waals surface area (Å²) in [5, 5.41) is 21.7. The number of carbonyl (C=O) groups is 1. The van der Waals surface area contributed by atoms with Crippen molar-refractivity contribution in [3.05, 3.63) is 18.0 Å². The van der Waals surface area contributed by atoms with E-state index in [1.165, 1.54) is 0 Å². The Hall–Kier alpha value is -1.36. The fourth-order valence-electron chi connectivity index (χ4n) is 1.00. The lowest BCUT2D eigenvalue weighted by Gasteiger charge is -2.02. The van der Waals surface area contributed by atoms with Crippen LogP contribution in [-0.4, -0.2) is 26.0 Å². The molecule has 0 saturated carbocycles. The van der Waals surface area contributed by atoms with Gasteiger partial charge in [-0.3, -0.25) is 9.48 Å². The summed E-state index contributed by atoms with van der Waals surface area (Å²) in [6, 6.07) is 1.62. The molecule has 5 nitrogen and oxygen atoms in total. The number of aliphatic hydroxyl groups excluding tert-OH is 1. The van der Waals surface area contributed by atoms with Crippen molar-refractivity contribution in [2.45, 2.75) is 26.0 Å². The second kappa shape index (κ2) is 4.04. The maximum Gasteiger partial charge on any atom is 0.306 e. The Labute approximate surface area is 75.6 Å². The van der Waals surface area contributed by atoms with E-state index in [-0.39, 0.29) is 6.42 Å². The molecule has 0 fully saturated rings. The summed E-state index contributed by atoms with van der Waals surface area (Å²) in [5.74, 6) is -1.03. The fraction of sp³-hybridized carbons (Fsp3) is 0.500. The van der Waals surface area contributed by atoms with Crippen LogP contribution in [0.2, 0.25) is 0 Å². The molecular weight excluding hydrogens is 172 g/mol. The number of aryl methyl sites for hydroxylation is 1. The van der Waals surface area contributed by atoms with E-state index >= 15 is 0 Å². The molecule has 0 radical (unpaired) electrons. The Morgan fingerprint density at radius 3 is 2.92 bits per heavy atom. The molecule has 0 aliphatic carbocycles. The zero-order valence-corrected chi connectivity index (χ0v) is 7.34. The van der Waals surface area contributed by atoms with E-state index < -0.39 is 12.1 Å². The first-order valence-electron chi connectivity index (χ1n) is 4.06. The number of nitrogens with zero attached hydrogens (tertiary/aromatic N) is 2. The summed E-state index contributed by atoms with van der Waals surface area (Å²) in [6.07, 6.45) is 0.395. The second-order valence-electron chi connectivity index (χ2n) is 2.71. The molecule has 2 N–H and O–H groups in total. The van der Waals surface area contributed by atoms with Crippen LogP contribution in [0.4, 0.5) is 0 Å². The van der Waals surface area contributed by atoms with Crippen molar-refractivity contribution >= 4 is 5.97 Å². The number of aliphatic carboxylic acids is 1. The van der Waals surface area contributed by atoms with Gasteiger partial charge < -0.3 is 10.2 Å². The third-order valence-electron chi connectivity index (χ3n) is 1.69. The summed E-state index contributed by atoms with van der Waals surface area (Å²) in [5.41, 5.74) is 0.407. The molecule has 0 aromatic carbocycles. The Bertz CT molecular complexity index is 295. The molecule has 0 spiro atoms. The predicted molar refractivity (Wildman–Crippen MR) is 45.1 cm³/mol. The van der Waals surface area contributed by atoms with Crippen molar-refractivity contribution in [1.29, 1.82) is 0 Å². The van der Waals surface area contributed by atoms with Gasteiger partial charge in [0.2, 0.25) is 0 Å². The van der Waals surface area contributed by atoms with Crippen LogP contribution in [0, 0.1) is 0 Å². The normalized spacial score (nSPS) is 12.8. The second-order valence-corrected chi connectivity index (χ2v) is 2.71. The molecule has 72 valence electrons. The van der Waals surface area contributed by atoms with Gasteiger partial charge in [-0.05, 0) is 13.0 Å². The quantitative estimate of drug-likeness (QED) is 0.710. The first-order valence-corrected chi connectivity index (χ1v) is 4.06. The highest BCUT2D eigenvalue weighted by Crippen LogP contribution is 2.13. The number of hydrogen-bond acceptors (Lipinski definition) is 3. The van der Waals surface area contributed by atoms with Gasteiger partial charge in [-0.2, -0.15) is 5.10 Å². The summed E-state index contributed by atoms with van der Waals surface area (Å²) in [7, 11) is 0. The average Bonchev–Trinajstić information content (AvgIpc) is 2.50. The van der Waals surface area contributed by atoms with Crippen molar-refractivity contribution < 1.29 is 15.0 Å². The molecule has 1 aromatic heterocycles. The van der Waals surface area contributed by atoms with Crippen LogP contribution in [0.1, 0.15) is 25.1 Å². The van der Waals surface area contributed by atoms with Gasteiger partial charge in [-0.25, -0.2) is 0 Å². The minimum atomic E-state index is -1.03. The molecule has 5 heteroatoms. The summed E-state index contributed by atoms with van der Waals surface area (Å²) in [6.45, 7) is 2.63. The molecule has 0 aliphatic heterocycles. The van der Waals surface area contributed by atoms with Gasteiger partial charge in [0.15, 0.2) is 0 Å². The van der Waals surface area contributed by atoms with Crippen LogP contribution < -0.4 is 0 Å². The Kier molecular flexibility index (Phi) is 3.02. The van der Waals surface area contributed by atoms with Gasteiger partial charge in [0.05, 0.1) is 12.1 Å². The van der Waals surface area contributed by atoms with Crippen LogP contribution in [0.5, 0.6) is 0 Å². The van der Waals surface area contributed by atoms with E-state index in [0.29, 0.717) is 12.2 Å². The lowest BCUT2D eigenvalue weighted by molar-refractivity contribution is -0.139. The number of carboxylic acids is 1. The molecule has 1 rings (SSSR count). The van der Waals surface area contributed by atoms with Gasteiger partial charge >= 0.3 is 5.97 Å². The molecule has 0 amide bonds. The number of aliphatic hydroxyl groups is 1. The van der Waals surface area contributed by atoms with E-state index in [0.717, 1.165) is 0 Å². The van der Waals surface area contributed by atoms with E-state index in [9.17, 15) is 9.90 Å². The summed E-state index contributed by atoms with van der Waals surface area (Å²) < 4.78 is 1.64. The van der Waals surface area contributed by atoms with Crippen molar-refractivity contribution in [2.24, 2.45) is 0 Å². The predicted octanol–water partition coefficient (Wildman–Crippen LogP) is 0.411. The lowest BCUT2D eigenvalue weighted by Crippen LogP contribution is -2.07. The van der Waals surface area contributed by atoms with E-state index in [1.54, 1.807) is 16.9 Å². The van der Waals surface area contributed by atoms with Gasteiger partial charge in [0, 0.05) is 12.7 Å². The first kappa shape index (κ1) is 9.73. The molecular formula is C8H12N2O3. The summed E-state index contributed by atoms with van der Waals surface area (Å²) >= 11 is 0. The average molecular weight is 184 g/mol. The zero-order chi connectivity index (χ0) is 9.84. The zero-order valence-electron chi connectivity index (χ0n) is 7.34. The molecule has 0 unspecified atom stereocenters. The SMILES string of the molecule is CCn1ccc([C@H](O)CC(=O)O)n1. The van der Waals surface area contributed by atoms with E-state index in [1.807, 2.05) is 6.92 Å². The molecule has 0 saturated heterocycles. The minimum Gasteiger partial charge on any atom is -0.481 e. The Balaban J connectivity index is 2.65. The third kappa shape index (κ3) is 2.55. The number of rotatable bonds is 4. The fourth-order valence-corrected chi connectivity index (χ4v) is 1.00. The molecule has 1 aromatic rings. The van der Waals surface area contributed by atoms with E-state index in [4.69, 9.17) is 5.11 Å². The smallest absolute Gasteiger partial charge is 0.306 e. The summed E-state index contributed by atoms with van der Waals surface area (Å²) in [4.78, 5) is 10.3. The largest absolute Gasteiger partial charge is 0.481 e. The van der Waals surface area contributed by atoms with Crippen LogP contribution >= 0.6 is 0 Å². The van der Waals surface area contributed by atoms with Gasteiger partial charge in [0.25, 0.3) is 0 Å². The number of carboxylic acid groups (broad SMARTS) is 1. The monoisotopic (exact) mass is 184 g/mol. The molecule has 0 aliphatic rings. The standard InChI is InChI=1S/C8H12N2O3/c1-2-10-4-3-6(9-10)7(11)5-8(12)13/h3-4,7,11H,2,5H2,1H3,(H,12,13)/t7-/m1/s1. The van der Waals surface area contributed by atoms with Crippen LogP contribution in [-0.2, 0) is 11.3 Å². The van der Waals surface area contributed by atoms with Crippen LogP contribution in [0.15, 0.2) is 12.3 Å². The highest BCUT2D eigenvalue weighted by atomic mass is 16.4. The highest BCUT2D eigenvalue weighted by molar-refractivity contribution is 5.67. The molecule has 0 bridgehead atoms. The van der Waals surface area contributed by atoms with Gasteiger partial charge in [-0.1, -0.05) is 0 Å². The van der Waals surface area contributed by atoms with Crippen LogP contribution in [0.25, 0.3) is 0 Å². The first-order chi connectivity index (χ1) is 6.13. The molecule has 1 atom stereocenters. The maximum absolute atomic E-state index is 10.3. The van der Waals surface area contributed by atoms with E-state index in [2.05, 4.69) is 5.10 Å². The minimum absolute atomic E-state index is 0.305.